The molecule has 2 aromatic rings. The monoisotopic (exact) mass is 446 g/mol. The molecule has 3 rings (SSSR count). The second kappa shape index (κ2) is 10.9. The normalized spacial score (nSPS) is 16.3. The molecule has 1 aromatic carbocycles. The van der Waals surface area contributed by atoms with E-state index in [9.17, 15) is 4.79 Å². The lowest BCUT2D eigenvalue weighted by molar-refractivity contribution is -0.120. The van der Waals surface area contributed by atoms with Gasteiger partial charge in [-0.05, 0) is 44.7 Å². The third-order valence-electron chi connectivity index (χ3n) is 5.36. The first-order valence-corrected chi connectivity index (χ1v) is 12.0. The van der Waals surface area contributed by atoms with Gasteiger partial charge in [0.15, 0.2) is 17.1 Å². The summed E-state index contributed by atoms with van der Waals surface area (Å²) in [5.74, 6) is 2.68. The Kier molecular flexibility index (Phi) is 8.23. The summed E-state index contributed by atoms with van der Waals surface area (Å²) in [7, 11) is 1.63. The zero-order valence-electron chi connectivity index (χ0n) is 19.1. The van der Waals surface area contributed by atoms with E-state index >= 15 is 0 Å². The summed E-state index contributed by atoms with van der Waals surface area (Å²) in [6, 6.07) is 7.84. The highest BCUT2D eigenvalue weighted by Crippen LogP contribution is 2.29. The van der Waals surface area contributed by atoms with Crippen LogP contribution in [0.15, 0.2) is 29.4 Å². The number of ether oxygens (including phenoxy) is 2. The second-order valence-corrected chi connectivity index (χ2v) is 9.84. The Hall–Kier alpha value is -2.22. The van der Waals surface area contributed by atoms with Crippen LogP contribution in [0.4, 0.5) is 0 Å². The average molecular weight is 447 g/mol. The van der Waals surface area contributed by atoms with E-state index in [0.29, 0.717) is 17.7 Å². The van der Waals surface area contributed by atoms with E-state index in [0.717, 1.165) is 36.1 Å². The minimum atomic E-state index is -0.296. The molecule has 1 fully saturated rings. The third kappa shape index (κ3) is 6.38. The Labute approximate surface area is 189 Å². The Bertz CT molecular complexity index is 864. The quantitative estimate of drug-likeness (QED) is 0.537. The number of benzene rings is 1. The Morgan fingerprint density at radius 1 is 1.19 bits per heavy atom. The maximum absolute atomic E-state index is 12.7. The molecule has 0 saturated heterocycles. The van der Waals surface area contributed by atoms with Crippen molar-refractivity contribution in [2.24, 2.45) is 5.92 Å². The number of carbonyl (C=O) groups excluding carboxylic acids is 1. The third-order valence-corrected chi connectivity index (χ3v) is 6.44. The predicted octanol–water partition coefficient (Wildman–Crippen LogP) is 4.62. The number of aromatic nitrogens is 3. The van der Waals surface area contributed by atoms with Crippen LogP contribution in [-0.4, -0.2) is 39.1 Å². The number of nitrogens with zero attached hydrogens (tertiary/aromatic N) is 3. The van der Waals surface area contributed by atoms with Crippen LogP contribution in [0.2, 0.25) is 0 Å². The van der Waals surface area contributed by atoms with Gasteiger partial charge >= 0.3 is 0 Å². The van der Waals surface area contributed by atoms with Crippen molar-refractivity contribution in [2.45, 2.75) is 82.5 Å². The van der Waals surface area contributed by atoms with Crippen LogP contribution in [0.3, 0.4) is 0 Å². The molecule has 0 spiro atoms. The molecule has 1 saturated carbocycles. The highest BCUT2D eigenvalue weighted by molar-refractivity contribution is 8.00. The van der Waals surface area contributed by atoms with E-state index in [1.165, 1.54) is 24.6 Å². The van der Waals surface area contributed by atoms with Crippen LogP contribution < -0.4 is 14.8 Å². The van der Waals surface area contributed by atoms with Gasteiger partial charge in [-0.15, -0.1) is 10.2 Å². The van der Waals surface area contributed by atoms with Crippen molar-refractivity contribution in [3.8, 4) is 11.5 Å². The van der Waals surface area contributed by atoms with E-state index in [4.69, 9.17) is 9.47 Å². The molecular weight excluding hydrogens is 412 g/mol. The van der Waals surface area contributed by atoms with Crippen LogP contribution >= 0.6 is 11.8 Å². The van der Waals surface area contributed by atoms with Crippen LogP contribution in [0, 0.1) is 5.92 Å². The van der Waals surface area contributed by atoms with Gasteiger partial charge in [-0.25, -0.2) is 0 Å². The summed E-state index contributed by atoms with van der Waals surface area (Å²) in [6.07, 6.45) is 4.26. The highest BCUT2D eigenvalue weighted by atomic mass is 32.2. The number of hydrogen-bond acceptors (Lipinski definition) is 6. The number of hydrogen-bond donors (Lipinski definition) is 1. The van der Waals surface area contributed by atoms with E-state index in [2.05, 4.69) is 33.9 Å². The lowest BCUT2D eigenvalue weighted by Gasteiger charge is -2.19. The molecule has 1 aromatic heterocycles. The molecular formula is C23H34N4O3S. The first-order valence-electron chi connectivity index (χ1n) is 11.1. The Morgan fingerprint density at radius 3 is 2.58 bits per heavy atom. The van der Waals surface area contributed by atoms with Gasteiger partial charge in [-0.1, -0.05) is 44.5 Å². The standard InChI is InChI=1S/C23H34N4O3S/c1-15(2)14-27-21(16(3)30-20-12-8-11-19(13-20)29-5)25-26-23(27)31-17(4)22(28)24-18-9-6-7-10-18/h8,11-13,15-18H,6-7,9-10,14H2,1-5H3,(H,24,28). The summed E-state index contributed by atoms with van der Waals surface area (Å²) >= 11 is 1.46. The molecule has 1 aliphatic carbocycles. The van der Waals surface area contributed by atoms with Gasteiger partial charge in [0.1, 0.15) is 11.5 Å². The number of thioether (sulfide) groups is 1. The first-order chi connectivity index (χ1) is 14.9. The largest absolute Gasteiger partial charge is 0.497 e. The topological polar surface area (TPSA) is 78.3 Å². The fraction of sp³-hybridized carbons (Fsp3) is 0.609. The van der Waals surface area contributed by atoms with Crippen molar-refractivity contribution in [1.82, 2.24) is 20.1 Å². The van der Waals surface area contributed by atoms with Gasteiger partial charge < -0.3 is 19.4 Å². The second-order valence-electron chi connectivity index (χ2n) is 8.53. The number of amides is 1. The lowest BCUT2D eigenvalue weighted by Crippen LogP contribution is -2.37. The molecule has 1 heterocycles. The predicted molar refractivity (Wildman–Crippen MR) is 123 cm³/mol. The lowest BCUT2D eigenvalue weighted by atomic mass is 10.2. The van der Waals surface area contributed by atoms with Gasteiger partial charge in [-0.2, -0.15) is 0 Å². The zero-order valence-corrected chi connectivity index (χ0v) is 19.9. The van der Waals surface area contributed by atoms with E-state index < -0.39 is 0 Å². The molecule has 2 atom stereocenters. The van der Waals surface area contributed by atoms with Crippen LogP contribution in [0.1, 0.15) is 65.3 Å². The smallest absolute Gasteiger partial charge is 0.233 e. The fourth-order valence-electron chi connectivity index (χ4n) is 3.76. The molecule has 170 valence electrons. The molecule has 8 heteroatoms. The van der Waals surface area contributed by atoms with Crippen molar-refractivity contribution < 1.29 is 14.3 Å². The molecule has 1 N–H and O–H groups in total. The summed E-state index contributed by atoms with van der Waals surface area (Å²) in [5, 5.41) is 12.5. The molecule has 0 aliphatic heterocycles. The van der Waals surface area contributed by atoms with Gasteiger partial charge in [0.25, 0.3) is 0 Å². The summed E-state index contributed by atoms with van der Waals surface area (Å²) in [6.45, 7) is 8.96. The maximum Gasteiger partial charge on any atom is 0.233 e. The molecule has 31 heavy (non-hydrogen) atoms. The SMILES string of the molecule is COc1cccc(OC(C)c2nnc(SC(C)C(=O)NC3CCCC3)n2CC(C)C)c1. The average Bonchev–Trinajstić information content (AvgIpc) is 3.38. The number of rotatable bonds is 10. The summed E-state index contributed by atoms with van der Waals surface area (Å²) in [4.78, 5) is 12.7. The van der Waals surface area contributed by atoms with Gasteiger partial charge in [0.05, 0.1) is 12.4 Å². The number of methoxy groups -OCH3 is 1. The Morgan fingerprint density at radius 2 is 1.90 bits per heavy atom. The van der Waals surface area contributed by atoms with Crippen molar-refractivity contribution in [3.63, 3.8) is 0 Å². The van der Waals surface area contributed by atoms with Crippen LogP contribution in [-0.2, 0) is 11.3 Å². The minimum absolute atomic E-state index is 0.0678. The van der Waals surface area contributed by atoms with E-state index in [1.807, 2.05) is 38.1 Å². The Balaban J connectivity index is 1.72. The molecule has 7 nitrogen and oxygen atoms in total. The number of nitrogens with one attached hydrogen (secondary N) is 1. The van der Waals surface area contributed by atoms with Crippen molar-refractivity contribution in [2.75, 3.05) is 7.11 Å². The molecule has 1 amide bonds. The van der Waals surface area contributed by atoms with E-state index in [1.54, 1.807) is 7.11 Å². The summed E-state index contributed by atoms with van der Waals surface area (Å²) in [5.41, 5.74) is 0. The highest BCUT2D eigenvalue weighted by Gasteiger charge is 2.26. The molecule has 2 unspecified atom stereocenters. The molecule has 1 aliphatic rings. The van der Waals surface area contributed by atoms with E-state index in [-0.39, 0.29) is 17.3 Å². The first kappa shape index (κ1) is 23.4. The van der Waals surface area contributed by atoms with Crippen molar-refractivity contribution in [3.05, 3.63) is 30.1 Å². The molecule has 0 radical (unpaired) electrons. The van der Waals surface area contributed by atoms with Crippen molar-refractivity contribution in [1.29, 1.82) is 0 Å². The maximum atomic E-state index is 12.7. The van der Waals surface area contributed by atoms with Gasteiger partial charge in [0, 0.05) is 18.7 Å². The number of carbonyl (C=O) groups is 1. The van der Waals surface area contributed by atoms with Gasteiger partial charge in [0.2, 0.25) is 5.91 Å². The van der Waals surface area contributed by atoms with Crippen LogP contribution in [0.5, 0.6) is 11.5 Å². The van der Waals surface area contributed by atoms with Gasteiger partial charge in [-0.3, -0.25) is 4.79 Å². The van der Waals surface area contributed by atoms with Crippen LogP contribution in [0.25, 0.3) is 0 Å². The fourth-order valence-corrected chi connectivity index (χ4v) is 4.63. The zero-order chi connectivity index (χ0) is 22.4. The summed E-state index contributed by atoms with van der Waals surface area (Å²) < 4.78 is 13.5. The molecule has 0 bridgehead atoms. The van der Waals surface area contributed by atoms with Crippen molar-refractivity contribution >= 4 is 17.7 Å². The minimum Gasteiger partial charge on any atom is -0.497 e.